The molecule has 4 atom stereocenters. The van der Waals surface area contributed by atoms with Crippen molar-refractivity contribution in [2.75, 3.05) is 5.88 Å². The number of hydrogen-bond donors (Lipinski definition) is 2. The molecule has 5 nitrogen and oxygen atoms in total. The lowest BCUT2D eigenvalue weighted by molar-refractivity contribution is -0.143. The summed E-state index contributed by atoms with van der Waals surface area (Å²) >= 11 is 5.55. The molecular weight excluding hydrogens is 234 g/mol. The first-order valence-corrected chi connectivity index (χ1v) is 5.47. The van der Waals surface area contributed by atoms with Gasteiger partial charge in [-0.3, -0.25) is 9.59 Å². The summed E-state index contributed by atoms with van der Waals surface area (Å²) in [5.41, 5.74) is 0. The Morgan fingerprint density at radius 3 is 2.25 bits per heavy atom. The molecule has 1 fully saturated rings. The van der Waals surface area contributed by atoms with Gasteiger partial charge in [-0.25, -0.2) is 0 Å². The topological polar surface area (TPSA) is 98.4 Å². The number of nitriles is 1. The minimum Gasteiger partial charge on any atom is -0.481 e. The van der Waals surface area contributed by atoms with E-state index in [1.165, 1.54) is 0 Å². The smallest absolute Gasteiger partial charge is 0.307 e. The van der Waals surface area contributed by atoms with Gasteiger partial charge in [-0.15, -0.1) is 11.6 Å². The summed E-state index contributed by atoms with van der Waals surface area (Å²) in [5.74, 6) is -4.78. The number of alkyl halides is 1. The lowest BCUT2D eigenvalue weighted by atomic mass is 9.86. The molecule has 0 aromatic carbocycles. The van der Waals surface area contributed by atoms with Crippen LogP contribution in [0.25, 0.3) is 0 Å². The van der Waals surface area contributed by atoms with Gasteiger partial charge in [0, 0.05) is 5.88 Å². The first-order chi connectivity index (χ1) is 7.52. The largest absolute Gasteiger partial charge is 0.481 e. The first kappa shape index (κ1) is 12.8. The molecule has 0 heterocycles. The van der Waals surface area contributed by atoms with Crippen molar-refractivity contribution < 1.29 is 19.8 Å². The molecule has 0 aliphatic heterocycles. The maximum Gasteiger partial charge on any atom is 0.307 e. The third-order valence-electron chi connectivity index (χ3n) is 3.15. The monoisotopic (exact) mass is 245 g/mol. The third kappa shape index (κ3) is 2.27. The van der Waals surface area contributed by atoms with E-state index in [9.17, 15) is 9.59 Å². The maximum absolute atomic E-state index is 11.0. The van der Waals surface area contributed by atoms with Crippen LogP contribution in [-0.2, 0) is 9.59 Å². The van der Waals surface area contributed by atoms with Gasteiger partial charge in [0.25, 0.3) is 0 Å². The molecule has 1 saturated carbocycles. The predicted molar refractivity (Wildman–Crippen MR) is 54.8 cm³/mol. The summed E-state index contributed by atoms with van der Waals surface area (Å²) in [4.78, 5) is 21.9. The van der Waals surface area contributed by atoms with Crippen LogP contribution in [0, 0.1) is 35.0 Å². The van der Waals surface area contributed by atoms with Crippen molar-refractivity contribution in [3.05, 3.63) is 0 Å². The number of aliphatic carboxylic acids is 2. The van der Waals surface area contributed by atoms with Crippen LogP contribution in [0.4, 0.5) is 0 Å². The Morgan fingerprint density at radius 1 is 1.31 bits per heavy atom. The summed E-state index contributed by atoms with van der Waals surface area (Å²) in [6.45, 7) is 0. The summed E-state index contributed by atoms with van der Waals surface area (Å²) in [6.07, 6.45) is 0.380. The minimum absolute atomic E-state index is 0.0183. The van der Waals surface area contributed by atoms with Crippen LogP contribution in [0.2, 0.25) is 0 Å². The summed E-state index contributed by atoms with van der Waals surface area (Å²) < 4.78 is 0. The van der Waals surface area contributed by atoms with E-state index in [0.29, 0.717) is 6.42 Å². The Bertz CT molecular complexity index is 338. The van der Waals surface area contributed by atoms with Gasteiger partial charge in [-0.2, -0.15) is 5.26 Å². The minimum atomic E-state index is -1.10. The Kier molecular flexibility index (Phi) is 4.13. The van der Waals surface area contributed by atoms with Crippen LogP contribution >= 0.6 is 11.6 Å². The van der Waals surface area contributed by atoms with Crippen molar-refractivity contribution in [3.8, 4) is 6.07 Å². The Hall–Kier alpha value is -1.28. The maximum atomic E-state index is 11.0. The van der Waals surface area contributed by atoms with E-state index in [1.807, 2.05) is 6.07 Å². The van der Waals surface area contributed by atoms with Crippen LogP contribution < -0.4 is 0 Å². The van der Waals surface area contributed by atoms with E-state index in [4.69, 9.17) is 27.1 Å². The van der Waals surface area contributed by atoms with E-state index in [1.54, 1.807) is 0 Å². The highest BCUT2D eigenvalue weighted by atomic mass is 35.5. The summed E-state index contributed by atoms with van der Waals surface area (Å²) in [5, 5.41) is 26.8. The van der Waals surface area contributed by atoms with Gasteiger partial charge in [0.2, 0.25) is 0 Å². The zero-order chi connectivity index (χ0) is 12.3. The van der Waals surface area contributed by atoms with Crippen molar-refractivity contribution >= 4 is 23.5 Å². The molecule has 0 amide bonds. The normalized spacial score (nSPS) is 33.2. The molecule has 0 bridgehead atoms. The standard InChI is InChI=1S/C10H12ClNO4/c11-2-1-5-6(9(13)14)3-7(10(15)16)8(5)4-12/h5-8H,1-3H2,(H,13,14)(H,15,16). The molecule has 16 heavy (non-hydrogen) atoms. The SMILES string of the molecule is N#CC1C(C(=O)O)CC(C(=O)O)C1CCCl. The second kappa shape index (κ2) is 5.17. The van der Waals surface area contributed by atoms with E-state index in [0.717, 1.165) is 0 Å². The molecule has 0 spiro atoms. The van der Waals surface area contributed by atoms with Gasteiger partial charge < -0.3 is 10.2 Å². The molecule has 0 aromatic rings. The fourth-order valence-corrected chi connectivity index (χ4v) is 2.63. The van der Waals surface area contributed by atoms with E-state index < -0.39 is 35.6 Å². The number of carboxylic acids is 2. The third-order valence-corrected chi connectivity index (χ3v) is 3.36. The number of halogens is 1. The first-order valence-electron chi connectivity index (χ1n) is 4.94. The van der Waals surface area contributed by atoms with Crippen molar-refractivity contribution in [2.24, 2.45) is 23.7 Å². The number of carboxylic acid groups (broad SMARTS) is 2. The summed E-state index contributed by atoms with van der Waals surface area (Å²) in [6, 6.07) is 1.91. The Balaban J connectivity index is 2.95. The van der Waals surface area contributed by atoms with Gasteiger partial charge in [-0.1, -0.05) is 0 Å². The molecular formula is C10H12ClNO4. The zero-order valence-corrected chi connectivity index (χ0v) is 9.22. The molecule has 1 rings (SSSR count). The molecule has 0 saturated heterocycles. The summed E-state index contributed by atoms with van der Waals surface area (Å²) in [7, 11) is 0. The predicted octanol–water partition coefficient (Wildman–Crippen LogP) is 1.18. The molecule has 88 valence electrons. The van der Waals surface area contributed by atoms with Gasteiger partial charge >= 0.3 is 11.9 Å². The fraction of sp³-hybridized carbons (Fsp3) is 0.700. The lowest BCUT2D eigenvalue weighted by Crippen LogP contribution is -2.23. The average molecular weight is 246 g/mol. The van der Waals surface area contributed by atoms with Crippen molar-refractivity contribution in [1.82, 2.24) is 0 Å². The van der Waals surface area contributed by atoms with Gasteiger partial charge in [0.1, 0.15) is 0 Å². The van der Waals surface area contributed by atoms with Crippen LogP contribution in [0.3, 0.4) is 0 Å². The van der Waals surface area contributed by atoms with Gasteiger partial charge in [-0.05, 0) is 18.8 Å². The molecule has 0 radical (unpaired) electrons. The molecule has 4 unspecified atom stereocenters. The highest BCUT2D eigenvalue weighted by molar-refractivity contribution is 6.17. The average Bonchev–Trinajstić information content (AvgIpc) is 2.57. The van der Waals surface area contributed by atoms with Gasteiger partial charge in [0.15, 0.2) is 0 Å². The fourth-order valence-electron chi connectivity index (χ4n) is 2.37. The van der Waals surface area contributed by atoms with Crippen LogP contribution in [-0.4, -0.2) is 28.0 Å². The highest BCUT2D eigenvalue weighted by Crippen LogP contribution is 2.43. The number of carbonyl (C=O) groups is 2. The molecule has 0 aromatic heterocycles. The second-order valence-electron chi connectivity index (χ2n) is 3.92. The second-order valence-corrected chi connectivity index (χ2v) is 4.30. The van der Waals surface area contributed by atoms with Crippen LogP contribution in [0.1, 0.15) is 12.8 Å². The molecule has 2 N–H and O–H groups in total. The van der Waals surface area contributed by atoms with E-state index >= 15 is 0 Å². The molecule has 1 aliphatic rings. The zero-order valence-electron chi connectivity index (χ0n) is 8.47. The number of hydrogen-bond acceptors (Lipinski definition) is 3. The van der Waals surface area contributed by atoms with Crippen LogP contribution in [0.5, 0.6) is 0 Å². The van der Waals surface area contributed by atoms with Crippen molar-refractivity contribution in [1.29, 1.82) is 5.26 Å². The van der Waals surface area contributed by atoms with E-state index in [-0.39, 0.29) is 12.3 Å². The Labute approximate surface area is 97.6 Å². The van der Waals surface area contributed by atoms with Gasteiger partial charge in [0.05, 0.1) is 23.8 Å². The molecule has 6 heteroatoms. The molecule has 1 aliphatic carbocycles. The van der Waals surface area contributed by atoms with Crippen molar-refractivity contribution in [2.45, 2.75) is 12.8 Å². The quantitative estimate of drug-likeness (QED) is 0.725. The van der Waals surface area contributed by atoms with E-state index in [2.05, 4.69) is 0 Å². The lowest BCUT2D eigenvalue weighted by Gasteiger charge is -2.17. The van der Waals surface area contributed by atoms with Crippen LogP contribution in [0.15, 0.2) is 0 Å². The Morgan fingerprint density at radius 2 is 1.88 bits per heavy atom. The van der Waals surface area contributed by atoms with Crippen molar-refractivity contribution in [3.63, 3.8) is 0 Å². The number of nitrogens with zero attached hydrogens (tertiary/aromatic N) is 1. The highest BCUT2D eigenvalue weighted by Gasteiger charge is 2.49. The number of rotatable bonds is 4.